The standard InChI is InChI=1S/C55H95N7O16/c1-12-34(10)48-55(77)78-42(35(11)20-18-16-14-13-15-17-19-21-36(63)27-45(67)68)29-43(64)56-37(22-23-44(65)66)49(71)57-38(24-30(2)3)50(72)58-39(25-31(4)5)52(74)61-47(33(8)9)54(76)60-41(28-46(69)70)51(73)59-40(26-32(6)7)53(75)62-48/h30-42,47-48,63H,12-29H2,1-11H3,(H,56,64)(H,57,71)(H,58,72)(H,59,73)(H,60,76)(H,61,74)(H,62,75)(H,65,66)(H,67,68)(H,69,70)/t34-,35+,36-,37-,38-,39+,40+,41-,42-,47-,48-/m0/s1. The molecular weight excluding hydrogens is 1010 g/mol. The molecular formula is C55H95N7O16. The van der Waals surface area contributed by atoms with Crippen molar-refractivity contribution in [2.45, 2.75) is 246 Å². The molecule has 1 saturated heterocycles. The van der Waals surface area contributed by atoms with Crippen molar-refractivity contribution in [3.63, 3.8) is 0 Å². The van der Waals surface area contributed by atoms with E-state index in [2.05, 4.69) is 37.2 Å². The van der Waals surface area contributed by atoms with E-state index in [1.54, 1.807) is 76.2 Å². The van der Waals surface area contributed by atoms with Crippen LogP contribution in [0.5, 0.6) is 0 Å². The lowest BCUT2D eigenvalue weighted by molar-refractivity contribution is -0.159. The fourth-order valence-electron chi connectivity index (χ4n) is 9.06. The first-order valence-corrected chi connectivity index (χ1v) is 28.1. The van der Waals surface area contributed by atoms with Crippen molar-refractivity contribution in [3.8, 4) is 0 Å². The quantitative estimate of drug-likeness (QED) is 0.0411. The molecule has 0 aromatic carbocycles. The van der Waals surface area contributed by atoms with Gasteiger partial charge in [0.25, 0.3) is 0 Å². The topological polar surface area (TPSA) is 362 Å². The van der Waals surface area contributed by atoms with E-state index in [0.29, 0.717) is 32.1 Å². The van der Waals surface area contributed by atoms with Crippen LogP contribution in [0.4, 0.5) is 0 Å². The van der Waals surface area contributed by atoms with Crippen LogP contribution in [0.2, 0.25) is 0 Å². The Kier molecular flexibility index (Phi) is 32.7. The smallest absolute Gasteiger partial charge is 0.329 e. The van der Waals surface area contributed by atoms with E-state index in [0.717, 1.165) is 32.1 Å². The third kappa shape index (κ3) is 28.1. The van der Waals surface area contributed by atoms with Gasteiger partial charge in [-0.2, -0.15) is 0 Å². The van der Waals surface area contributed by atoms with Crippen molar-refractivity contribution < 1.29 is 77.9 Å². The lowest BCUT2D eigenvalue weighted by Crippen LogP contribution is -2.61. The number of esters is 1. The van der Waals surface area contributed by atoms with Crippen LogP contribution in [-0.2, 0) is 57.5 Å². The number of hydrogen-bond acceptors (Lipinski definition) is 13. The van der Waals surface area contributed by atoms with Crippen LogP contribution < -0.4 is 37.2 Å². The molecule has 7 amide bonds. The fraction of sp³-hybridized carbons (Fsp3) is 0.800. The number of amides is 7. The third-order valence-corrected chi connectivity index (χ3v) is 13.7. The van der Waals surface area contributed by atoms with Gasteiger partial charge in [-0.1, -0.05) is 128 Å². The number of carbonyl (C=O) groups is 11. The molecule has 0 saturated carbocycles. The Labute approximate surface area is 460 Å². The summed E-state index contributed by atoms with van der Waals surface area (Å²) in [5.41, 5.74) is 0. The molecule has 0 radical (unpaired) electrons. The fourth-order valence-corrected chi connectivity index (χ4v) is 9.06. The SMILES string of the molecule is CC[C@H](C)[C@@H]1NC(=O)[C@@H](CC(C)C)NC(=O)[C@H](CC(=O)O)NC(=O)[C@H](C(C)C)NC(=O)[C@@H](CC(C)C)NC(=O)[C@H](CC(C)C)NC(=O)[C@H](CCC(=O)O)NC(=O)C[C@@H]([C@H](C)CCCCCCCCC[C@H](O)CC(=O)O)OC1=O. The summed E-state index contributed by atoms with van der Waals surface area (Å²) in [5, 5.41) is 56.6. The number of cyclic esters (lactones) is 1. The average molecular weight is 1110 g/mol. The van der Waals surface area contributed by atoms with Gasteiger partial charge in [-0.05, 0) is 74.0 Å². The maximum atomic E-state index is 14.4. The molecule has 11 N–H and O–H groups in total. The van der Waals surface area contributed by atoms with Crippen LogP contribution in [0.1, 0.15) is 192 Å². The summed E-state index contributed by atoms with van der Waals surface area (Å²) < 4.78 is 6.15. The summed E-state index contributed by atoms with van der Waals surface area (Å²) in [6.07, 6.45) is 2.09. The molecule has 78 heavy (non-hydrogen) atoms. The number of unbranched alkanes of at least 4 members (excludes halogenated alkanes) is 6. The van der Waals surface area contributed by atoms with E-state index in [9.17, 15) is 68.1 Å². The van der Waals surface area contributed by atoms with Crippen LogP contribution in [0.15, 0.2) is 0 Å². The highest BCUT2D eigenvalue weighted by Gasteiger charge is 2.38. The predicted octanol–water partition coefficient (Wildman–Crippen LogP) is 3.86. The number of hydrogen-bond donors (Lipinski definition) is 11. The van der Waals surface area contributed by atoms with Gasteiger partial charge in [-0.3, -0.25) is 47.9 Å². The minimum absolute atomic E-state index is 0.00557. The number of carboxylic acids is 3. The molecule has 0 aliphatic carbocycles. The first-order valence-electron chi connectivity index (χ1n) is 28.1. The molecule has 11 atom stereocenters. The lowest BCUT2D eigenvalue weighted by atomic mass is 9.93. The predicted molar refractivity (Wildman–Crippen MR) is 289 cm³/mol. The second-order valence-electron chi connectivity index (χ2n) is 22.8. The molecule has 23 nitrogen and oxygen atoms in total. The number of nitrogens with one attached hydrogen (secondary N) is 7. The first-order chi connectivity index (χ1) is 36.4. The molecule has 1 aliphatic heterocycles. The van der Waals surface area contributed by atoms with Crippen molar-refractivity contribution in [2.24, 2.45) is 35.5 Å². The van der Waals surface area contributed by atoms with Crippen LogP contribution >= 0.6 is 0 Å². The number of carboxylic acid groups (broad SMARTS) is 3. The highest BCUT2D eigenvalue weighted by molar-refractivity contribution is 5.98. The van der Waals surface area contributed by atoms with Crippen LogP contribution in [-0.4, -0.2) is 140 Å². The zero-order valence-electron chi connectivity index (χ0n) is 48.1. The van der Waals surface area contributed by atoms with Crippen molar-refractivity contribution in [1.82, 2.24) is 37.2 Å². The van der Waals surface area contributed by atoms with E-state index in [1.165, 1.54) is 0 Å². The highest BCUT2D eigenvalue weighted by atomic mass is 16.5. The monoisotopic (exact) mass is 1110 g/mol. The summed E-state index contributed by atoms with van der Waals surface area (Å²) in [6.45, 7) is 19.1. The molecule has 1 aliphatic rings. The van der Waals surface area contributed by atoms with Gasteiger partial charge >= 0.3 is 23.9 Å². The van der Waals surface area contributed by atoms with E-state index >= 15 is 0 Å². The number of ether oxygens (including phenoxy) is 1. The van der Waals surface area contributed by atoms with Crippen LogP contribution in [0.3, 0.4) is 0 Å². The van der Waals surface area contributed by atoms with Crippen molar-refractivity contribution in [1.29, 1.82) is 0 Å². The Balaban J connectivity index is 3.93. The van der Waals surface area contributed by atoms with Gasteiger partial charge < -0.3 is 62.4 Å². The van der Waals surface area contributed by atoms with Gasteiger partial charge in [-0.25, -0.2) is 4.79 Å². The first kappa shape index (κ1) is 70.1. The third-order valence-electron chi connectivity index (χ3n) is 13.7. The molecule has 446 valence electrons. The number of aliphatic carboxylic acids is 3. The van der Waals surface area contributed by atoms with Gasteiger partial charge in [0.05, 0.1) is 25.4 Å². The lowest BCUT2D eigenvalue weighted by Gasteiger charge is -2.31. The van der Waals surface area contributed by atoms with Gasteiger partial charge in [0.1, 0.15) is 48.4 Å². The summed E-state index contributed by atoms with van der Waals surface area (Å²) >= 11 is 0. The molecule has 1 rings (SSSR count). The largest absolute Gasteiger partial charge is 0.481 e. The van der Waals surface area contributed by atoms with Crippen molar-refractivity contribution >= 4 is 65.2 Å². The molecule has 0 bridgehead atoms. The Bertz CT molecular complexity index is 1980. The van der Waals surface area contributed by atoms with E-state index in [1.807, 2.05) is 0 Å². The van der Waals surface area contributed by atoms with E-state index in [4.69, 9.17) is 9.84 Å². The molecule has 0 spiro atoms. The van der Waals surface area contributed by atoms with Crippen LogP contribution in [0.25, 0.3) is 0 Å². The van der Waals surface area contributed by atoms with Crippen molar-refractivity contribution in [3.05, 3.63) is 0 Å². The maximum Gasteiger partial charge on any atom is 0.329 e. The van der Waals surface area contributed by atoms with Gasteiger partial charge in [0.15, 0.2) is 0 Å². The highest BCUT2D eigenvalue weighted by Crippen LogP contribution is 2.23. The van der Waals surface area contributed by atoms with Gasteiger partial charge in [0.2, 0.25) is 41.4 Å². The minimum atomic E-state index is -1.75. The number of rotatable bonds is 27. The normalized spacial score (nSPS) is 24.3. The average Bonchev–Trinajstić information content (AvgIpc) is 3.32. The summed E-state index contributed by atoms with van der Waals surface area (Å²) in [6, 6.07) is -9.92. The van der Waals surface area contributed by atoms with E-state index < -0.39 is 163 Å². The zero-order valence-corrected chi connectivity index (χ0v) is 48.1. The molecule has 1 heterocycles. The summed E-state index contributed by atoms with van der Waals surface area (Å²) in [5.74, 6) is -13.2. The summed E-state index contributed by atoms with van der Waals surface area (Å²) in [4.78, 5) is 148. The van der Waals surface area contributed by atoms with Crippen LogP contribution in [0, 0.1) is 35.5 Å². The van der Waals surface area contributed by atoms with Gasteiger partial charge in [0, 0.05) is 6.42 Å². The number of aliphatic hydroxyl groups excluding tert-OH is 1. The Morgan fingerprint density at radius 1 is 0.500 bits per heavy atom. The Morgan fingerprint density at radius 2 is 0.923 bits per heavy atom. The van der Waals surface area contributed by atoms with E-state index in [-0.39, 0.29) is 43.4 Å². The zero-order chi connectivity index (χ0) is 59.4. The molecule has 0 unspecified atom stereocenters. The summed E-state index contributed by atoms with van der Waals surface area (Å²) in [7, 11) is 0. The molecule has 1 fully saturated rings. The second-order valence-corrected chi connectivity index (χ2v) is 22.8. The molecule has 0 aromatic heterocycles. The van der Waals surface area contributed by atoms with Crippen molar-refractivity contribution in [2.75, 3.05) is 0 Å². The Morgan fingerprint density at radius 3 is 1.36 bits per heavy atom. The maximum absolute atomic E-state index is 14.4. The Hall–Kier alpha value is -5.87. The number of carbonyl (C=O) groups excluding carboxylic acids is 8. The molecule has 23 heteroatoms. The minimum Gasteiger partial charge on any atom is -0.481 e. The number of aliphatic hydroxyl groups is 1. The second kappa shape index (κ2) is 36.3. The molecule has 0 aromatic rings. The van der Waals surface area contributed by atoms with Gasteiger partial charge in [-0.15, -0.1) is 0 Å².